The van der Waals surface area contributed by atoms with Gasteiger partial charge in [0.1, 0.15) is 10.3 Å². The SMILES string of the molecule is C.Clc1cc(Cl)nc(-c2ccccc2)n1. The first-order valence-electron chi connectivity index (χ1n) is 4.01. The van der Waals surface area contributed by atoms with Crippen LogP contribution in [0.25, 0.3) is 11.4 Å². The third kappa shape index (κ3) is 2.91. The largest absolute Gasteiger partial charge is 0.216 e. The molecule has 0 atom stereocenters. The Morgan fingerprint density at radius 1 is 0.867 bits per heavy atom. The van der Waals surface area contributed by atoms with E-state index >= 15 is 0 Å². The van der Waals surface area contributed by atoms with Gasteiger partial charge >= 0.3 is 0 Å². The fraction of sp³-hybridized carbons (Fsp3) is 0.0909. The summed E-state index contributed by atoms with van der Waals surface area (Å²) in [6.45, 7) is 0. The molecule has 0 bridgehead atoms. The summed E-state index contributed by atoms with van der Waals surface area (Å²) in [4.78, 5) is 8.15. The van der Waals surface area contributed by atoms with Crippen LogP contribution in [-0.2, 0) is 0 Å². The molecular weight excluding hydrogens is 231 g/mol. The molecule has 0 saturated carbocycles. The smallest absolute Gasteiger partial charge is 0.162 e. The van der Waals surface area contributed by atoms with Gasteiger partial charge in [0.25, 0.3) is 0 Å². The molecular formula is C11H10Cl2N2. The first-order valence-corrected chi connectivity index (χ1v) is 4.77. The van der Waals surface area contributed by atoms with E-state index in [1.54, 1.807) is 0 Å². The maximum atomic E-state index is 5.76. The zero-order valence-electron chi connectivity index (χ0n) is 7.11. The van der Waals surface area contributed by atoms with Crippen molar-refractivity contribution in [2.24, 2.45) is 0 Å². The van der Waals surface area contributed by atoms with Crippen LogP contribution in [0.5, 0.6) is 0 Å². The molecule has 2 aromatic rings. The second-order valence-electron chi connectivity index (χ2n) is 2.70. The van der Waals surface area contributed by atoms with Gasteiger partial charge in [-0.2, -0.15) is 0 Å². The number of benzene rings is 1. The molecule has 1 heterocycles. The third-order valence-electron chi connectivity index (χ3n) is 1.70. The summed E-state index contributed by atoms with van der Waals surface area (Å²) in [5.74, 6) is 0.545. The average molecular weight is 241 g/mol. The zero-order chi connectivity index (χ0) is 9.97. The van der Waals surface area contributed by atoms with Crippen LogP contribution in [0.2, 0.25) is 10.3 Å². The lowest BCUT2D eigenvalue weighted by Gasteiger charge is -2.00. The standard InChI is InChI=1S/C10H6Cl2N2.CH4/c11-8-6-9(12)14-10(13-8)7-4-2-1-3-5-7;/h1-6H;1H4. The van der Waals surface area contributed by atoms with Crippen molar-refractivity contribution in [1.29, 1.82) is 0 Å². The molecule has 0 unspecified atom stereocenters. The van der Waals surface area contributed by atoms with Gasteiger partial charge in [0.2, 0.25) is 0 Å². The Morgan fingerprint density at radius 3 is 1.93 bits per heavy atom. The van der Waals surface area contributed by atoms with E-state index in [-0.39, 0.29) is 7.43 Å². The number of halogens is 2. The second-order valence-corrected chi connectivity index (χ2v) is 3.48. The molecule has 0 spiro atoms. The first-order chi connectivity index (χ1) is 6.75. The van der Waals surface area contributed by atoms with E-state index < -0.39 is 0 Å². The fourth-order valence-electron chi connectivity index (χ4n) is 1.11. The van der Waals surface area contributed by atoms with Gasteiger partial charge in [-0.1, -0.05) is 61.0 Å². The summed E-state index contributed by atoms with van der Waals surface area (Å²) in [6.07, 6.45) is 0. The molecule has 0 aliphatic carbocycles. The van der Waals surface area contributed by atoms with E-state index in [0.29, 0.717) is 16.1 Å². The highest BCUT2D eigenvalue weighted by Crippen LogP contribution is 2.19. The van der Waals surface area contributed by atoms with E-state index in [1.165, 1.54) is 6.07 Å². The Bertz CT molecular complexity index is 423. The Balaban J connectivity index is 0.00000112. The van der Waals surface area contributed by atoms with Crippen LogP contribution in [0.3, 0.4) is 0 Å². The van der Waals surface area contributed by atoms with E-state index in [0.717, 1.165) is 5.56 Å². The minimum atomic E-state index is 0. The van der Waals surface area contributed by atoms with Crippen molar-refractivity contribution in [2.45, 2.75) is 7.43 Å². The molecule has 1 aromatic carbocycles. The maximum Gasteiger partial charge on any atom is 0.162 e. The van der Waals surface area contributed by atoms with Gasteiger partial charge in [-0.05, 0) is 0 Å². The van der Waals surface area contributed by atoms with Crippen LogP contribution >= 0.6 is 23.2 Å². The Hall–Kier alpha value is -1.12. The van der Waals surface area contributed by atoms with Crippen LogP contribution in [0.15, 0.2) is 36.4 Å². The molecule has 0 aliphatic rings. The van der Waals surface area contributed by atoms with E-state index in [4.69, 9.17) is 23.2 Å². The lowest BCUT2D eigenvalue weighted by Crippen LogP contribution is -1.89. The Kier molecular flexibility index (Phi) is 4.06. The van der Waals surface area contributed by atoms with Gasteiger partial charge in [-0.3, -0.25) is 0 Å². The van der Waals surface area contributed by atoms with Gasteiger partial charge < -0.3 is 0 Å². The van der Waals surface area contributed by atoms with Crippen LogP contribution in [-0.4, -0.2) is 9.97 Å². The molecule has 0 amide bonds. The third-order valence-corrected chi connectivity index (χ3v) is 2.08. The molecule has 0 aliphatic heterocycles. The maximum absolute atomic E-state index is 5.76. The van der Waals surface area contributed by atoms with Crippen molar-refractivity contribution in [1.82, 2.24) is 9.97 Å². The van der Waals surface area contributed by atoms with Gasteiger partial charge in [0.15, 0.2) is 5.82 Å². The summed E-state index contributed by atoms with van der Waals surface area (Å²) in [5.41, 5.74) is 0.900. The predicted octanol–water partition coefficient (Wildman–Crippen LogP) is 4.09. The van der Waals surface area contributed by atoms with Crippen LogP contribution in [0.1, 0.15) is 7.43 Å². The molecule has 0 fully saturated rings. The second kappa shape index (κ2) is 5.10. The molecule has 2 nitrogen and oxygen atoms in total. The number of nitrogens with zero attached hydrogens (tertiary/aromatic N) is 2. The lowest BCUT2D eigenvalue weighted by molar-refractivity contribution is 1.18. The molecule has 0 N–H and O–H groups in total. The van der Waals surface area contributed by atoms with Crippen molar-refractivity contribution in [3.63, 3.8) is 0 Å². The number of hydrogen-bond donors (Lipinski definition) is 0. The topological polar surface area (TPSA) is 25.8 Å². The van der Waals surface area contributed by atoms with Gasteiger partial charge in [0, 0.05) is 11.6 Å². The predicted molar refractivity (Wildman–Crippen MR) is 64.2 cm³/mol. The van der Waals surface area contributed by atoms with Crippen molar-refractivity contribution in [3.05, 3.63) is 46.7 Å². The van der Waals surface area contributed by atoms with Crippen molar-refractivity contribution < 1.29 is 0 Å². The van der Waals surface area contributed by atoms with Crippen molar-refractivity contribution in [3.8, 4) is 11.4 Å². The van der Waals surface area contributed by atoms with Gasteiger partial charge in [-0.15, -0.1) is 0 Å². The molecule has 15 heavy (non-hydrogen) atoms. The minimum absolute atomic E-state index is 0. The molecule has 1 aromatic heterocycles. The van der Waals surface area contributed by atoms with Crippen LogP contribution in [0, 0.1) is 0 Å². The zero-order valence-corrected chi connectivity index (χ0v) is 8.63. The molecule has 2 rings (SSSR count). The molecule has 4 heteroatoms. The molecule has 78 valence electrons. The molecule has 0 radical (unpaired) electrons. The Morgan fingerprint density at radius 2 is 1.40 bits per heavy atom. The number of rotatable bonds is 1. The summed E-state index contributed by atoms with van der Waals surface area (Å²) < 4.78 is 0. The monoisotopic (exact) mass is 240 g/mol. The normalized spacial score (nSPS) is 9.47. The lowest BCUT2D eigenvalue weighted by atomic mass is 10.2. The molecule has 0 saturated heterocycles. The highest BCUT2D eigenvalue weighted by Gasteiger charge is 2.03. The summed E-state index contributed by atoms with van der Waals surface area (Å²) >= 11 is 11.5. The van der Waals surface area contributed by atoms with Crippen LogP contribution in [0.4, 0.5) is 0 Å². The van der Waals surface area contributed by atoms with Crippen LogP contribution < -0.4 is 0 Å². The van der Waals surface area contributed by atoms with E-state index in [1.807, 2.05) is 30.3 Å². The van der Waals surface area contributed by atoms with Gasteiger partial charge in [0.05, 0.1) is 0 Å². The quantitative estimate of drug-likeness (QED) is 0.703. The van der Waals surface area contributed by atoms with Crippen molar-refractivity contribution in [2.75, 3.05) is 0 Å². The minimum Gasteiger partial charge on any atom is -0.216 e. The Labute approximate surface area is 98.9 Å². The number of aromatic nitrogens is 2. The summed E-state index contributed by atoms with van der Waals surface area (Å²) in [5, 5.41) is 0.702. The first kappa shape index (κ1) is 12.0. The average Bonchev–Trinajstić information content (AvgIpc) is 2.18. The summed E-state index contributed by atoms with van der Waals surface area (Å²) in [7, 11) is 0. The number of hydrogen-bond acceptors (Lipinski definition) is 2. The summed E-state index contributed by atoms with van der Waals surface area (Å²) in [6, 6.07) is 11.1. The van der Waals surface area contributed by atoms with E-state index in [2.05, 4.69) is 9.97 Å². The highest BCUT2D eigenvalue weighted by molar-refractivity contribution is 6.33. The van der Waals surface area contributed by atoms with Gasteiger partial charge in [-0.25, -0.2) is 9.97 Å². The highest BCUT2D eigenvalue weighted by atomic mass is 35.5. The fourth-order valence-corrected chi connectivity index (χ4v) is 1.53. The van der Waals surface area contributed by atoms with E-state index in [9.17, 15) is 0 Å². The van der Waals surface area contributed by atoms with Crippen molar-refractivity contribution >= 4 is 23.2 Å².